The average Bonchev–Trinajstić information content (AvgIpc) is 3.20. The Hall–Kier alpha value is -1.17. The Kier molecular flexibility index (Phi) is 10.7. The van der Waals surface area contributed by atoms with E-state index in [9.17, 15) is 9.59 Å². The first-order valence-corrected chi connectivity index (χ1v) is 11.8. The molecule has 2 rings (SSSR count). The Morgan fingerprint density at radius 2 is 1.81 bits per heavy atom. The van der Waals surface area contributed by atoms with Gasteiger partial charge in [-0.3, -0.25) is 4.79 Å². The number of hydrogen-bond donors (Lipinski definition) is 3. The van der Waals surface area contributed by atoms with Crippen molar-refractivity contribution < 1.29 is 9.59 Å². The van der Waals surface area contributed by atoms with Crippen LogP contribution in [-0.4, -0.2) is 41.6 Å². The first kappa shape index (κ1) is 22.1. The number of fused-ring (bicyclic) bond motifs is 1. The lowest BCUT2D eigenvalue weighted by Gasteiger charge is -2.16. The summed E-state index contributed by atoms with van der Waals surface area (Å²) < 4.78 is 0. The maximum absolute atomic E-state index is 11.9. The molecule has 0 aromatic rings. The van der Waals surface area contributed by atoms with Gasteiger partial charge >= 0.3 is 6.03 Å². The van der Waals surface area contributed by atoms with Crippen molar-refractivity contribution in [3.63, 3.8) is 0 Å². The molecule has 1 unspecified atom stereocenters. The van der Waals surface area contributed by atoms with E-state index in [1.165, 1.54) is 38.5 Å². The van der Waals surface area contributed by atoms with Gasteiger partial charge in [0.25, 0.3) is 0 Å². The SMILES string of the molecule is C=CCCCCCCCCCNC(=O)CCCC[C@@H]1SCC2NC(=O)N[C@@H]21. The highest BCUT2D eigenvalue weighted by atomic mass is 32.2. The lowest BCUT2D eigenvalue weighted by atomic mass is 10.0. The van der Waals surface area contributed by atoms with Gasteiger partial charge in [-0.2, -0.15) is 11.8 Å². The molecule has 0 spiro atoms. The largest absolute Gasteiger partial charge is 0.356 e. The summed E-state index contributed by atoms with van der Waals surface area (Å²) in [6.45, 7) is 4.56. The summed E-state index contributed by atoms with van der Waals surface area (Å²) >= 11 is 1.94. The van der Waals surface area contributed by atoms with Gasteiger partial charge in [-0.15, -0.1) is 6.58 Å². The Morgan fingerprint density at radius 1 is 1.07 bits per heavy atom. The van der Waals surface area contributed by atoms with Crippen LogP contribution in [0.15, 0.2) is 12.7 Å². The summed E-state index contributed by atoms with van der Waals surface area (Å²) in [7, 11) is 0. The second-order valence-corrected chi connectivity index (χ2v) is 9.04. The number of carbonyl (C=O) groups is 2. The second kappa shape index (κ2) is 13.1. The molecule has 0 radical (unpaired) electrons. The van der Waals surface area contributed by atoms with Crippen LogP contribution in [-0.2, 0) is 4.79 Å². The van der Waals surface area contributed by atoms with Crippen molar-refractivity contribution in [3.05, 3.63) is 12.7 Å². The van der Waals surface area contributed by atoms with E-state index in [2.05, 4.69) is 22.5 Å². The topological polar surface area (TPSA) is 70.2 Å². The zero-order valence-electron chi connectivity index (χ0n) is 16.6. The fourth-order valence-electron chi connectivity index (χ4n) is 3.89. The van der Waals surface area contributed by atoms with Gasteiger partial charge in [-0.05, 0) is 32.1 Å². The molecule has 2 aliphatic heterocycles. The van der Waals surface area contributed by atoms with E-state index >= 15 is 0 Å². The molecule has 2 heterocycles. The molecule has 27 heavy (non-hydrogen) atoms. The first-order chi connectivity index (χ1) is 13.2. The smallest absolute Gasteiger partial charge is 0.315 e. The summed E-state index contributed by atoms with van der Waals surface area (Å²) in [6, 6.07) is 0.545. The van der Waals surface area contributed by atoms with Crippen LogP contribution in [0.1, 0.15) is 77.0 Å². The third-order valence-corrected chi connectivity index (χ3v) is 7.00. The van der Waals surface area contributed by atoms with Gasteiger partial charge in [0.2, 0.25) is 5.91 Å². The maximum atomic E-state index is 11.9. The minimum Gasteiger partial charge on any atom is -0.356 e. The van der Waals surface area contributed by atoms with Crippen molar-refractivity contribution in [1.82, 2.24) is 16.0 Å². The van der Waals surface area contributed by atoms with E-state index in [1.807, 2.05) is 17.8 Å². The minimum absolute atomic E-state index is 0.0256. The van der Waals surface area contributed by atoms with Crippen LogP contribution in [0, 0.1) is 0 Å². The van der Waals surface area contributed by atoms with Crippen molar-refractivity contribution >= 4 is 23.7 Å². The number of allylic oxidation sites excluding steroid dienone is 1. The highest BCUT2D eigenvalue weighted by Gasteiger charge is 2.42. The van der Waals surface area contributed by atoms with Crippen molar-refractivity contribution in [1.29, 1.82) is 0 Å². The maximum Gasteiger partial charge on any atom is 0.315 e. The van der Waals surface area contributed by atoms with Gasteiger partial charge in [0.05, 0.1) is 12.1 Å². The molecule has 2 aliphatic rings. The lowest BCUT2D eigenvalue weighted by Crippen LogP contribution is -2.36. The molecule has 0 bridgehead atoms. The zero-order valence-corrected chi connectivity index (χ0v) is 17.5. The predicted molar refractivity (Wildman–Crippen MR) is 114 cm³/mol. The predicted octanol–water partition coefficient (Wildman–Crippen LogP) is 4.14. The van der Waals surface area contributed by atoms with Crippen LogP contribution >= 0.6 is 11.8 Å². The van der Waals surface area contributed by atoms with Crippen LogP contribution in [0.5, 0.6) is 0 Å². The molecule has 0 aromatic carbocycles. The first-order valence-electron chi connectivity index (χ1n) is 10.8. The number of hydrogen-bond acceptors (Lipinski definition) is 3. The van der Waals surface area contributed by atoms with Gasteiger partial charge in [-0.1, -0.05) is 44.6 Å². The van der Waals surface area contributed by atoms with Gasteiger partial charge in [0.15, 0.2) is 0 Å². The van der Waals surface area contributed by atoms with Gasteiger partial charge < -0.3 is 16.0 Å². The van der Waals surface area contributed by atoms with Gasteiger partial charge in [0.1, 0.15) is 0 Å². The number of urea groups is 1. The van der Waals surface area contributed by atoms with E-state index in [-0.39, 0.29) is 18.0 Å². The molecule has 2 saturated heterocycles. The van der Waals surface area contributed by atoms with Crippen LogP contribution in [0.2, 0.25) is 0 Å². The molecule has 154 valence electrons. The monoisotopic (exact) mass is 395 g/mol. The number of thioether (sulfide) groups is 1. The summed E-state index contributed by atoms with van der Waals surface area (Å²) in [5.41, 5.74) is 0. The summed E-state index contributed by atoms with van der Waals surface area (Å²) in [5, 5.41) is 9.54. The van der Waals surface area contributed by atoms with Crippen LogP contribution in [0.4, 0.5) is 4.79 Å². The average molecular weight is 396 g/mol. The molecule has 0 aromatic heterocycles. The fourth-order valence-corrected chi connectivity index (χ4v) is 5.43. The standard InChI is InChI=1S/C21H37N3O2S/c1-2-3-4-5-6-7-8-9-12-15-22-19(25)14-11-10-13-18-20-17(16-27-18)23-21(26)24-20/h2,17-18,20H,1,3-16H2,(H,22,25)(H2,23,24,26)/t17?,18-,20-/m0/s1. The van der Waals surface area contributed by atoms with E-state index in [0.717, 1.165) is 44.4 Å². The number of rotatable bonds is 15. The molecule has 3 N–H and O–H groups in total. The fraction of sp³-hybridized carbons (Fsp3) is 0.810. The van der Waals surface area contributed by atoms with Crippen molar-refractivity contribution in [2.75, 3.05) is 12.3 Å². The zero-order chi connectivity index (χ0) is 19.3. The summed E-state index contributed by atoms with van der Waals surface area (Å²) in [4.78, 5) is 23.3. The number of amides is 3. The van der Waals surface area contributed by atoms with E-state index in [0.29, 0.717) is 17.7 Å². The summed E-state index contributed by atoms with van der Waals surface area (Å²) in [5.74, 6) is 1.19. The normalized spacial score (nSPS) is 23.6. The molecule has 3 atom stereocenters. The Morgan fingerprint density at radius 3 is 2.59 bits per heavy atom. The molecular weight excluding hydrogens is 358 g/mol. The Bertz CT molecular complexity index is 472. The van der Waals surface area contributed by atoms with E-state index in [1.54, 1.807) is 0 Å². The second-order valence-electron chi connectivity index (χ2n) is 7.77. The quantitative estimate of drug-likeness (QED) is 0.222. The van der Waals surface area contributed by atoms with Crippen LogP contribution in [0.25, 0.3) is 0 Å². The highest BCUT2D eigenvalue weighted by Crippen LogP contribution is 2.33. The minimum atomic E-state index is -0.0256. The van der Waals surface area contributed by atoms with Crippen molar-refractivity contribution in [2.45, 2.75) is 94.4 Å². The van der Waals surface area contributed by atoms with E-state index in [4.69, 9.17) is 0 Å². The van der Waals surface area contributed by atoms with Gasteiger partial charge in [-0.25, -0.2) is 4.79 Å². The van der Waals surface area contributed by atoms with Crippen molar-refractivity contribution in [3.8, 4) is 0 Å². The molecule has 0 saturated carbocycles. The summed E-state index contributed by atoms with van der Waals surface area (Å²) in [6.07, 6.45) is 15.6. The van der Waals surface area contributed by atoms with Crippen molar-refractivity contribution in [2.24, 2.45) is 0 Å². The molecule has 2 fully saturated rings. The Labute approximate surface area is 168 Å². The van der Waals surface area contributed by atoms with Crippen LogP contribution < -0.4 is 16.0 Å². The van der Waals surface area contributed by atoms with Gasteiger partial charge in [0, 0.05) is 24.0 Å². The number of carbonyl (C=O) groups excluding carboxylic acids is 2. The molecule has 5 nitrogen and oxygen atoms in total. The van der Waals surface area contributed by atoms with E-state index < -0.39 is 0 Å². The molecular formula is C21H37N3O2S. The highest BCUT2D eigenvalue weighted by molar-refractivity contribution is 8.00. The molecule has 6 heteroatoms. The molecule has 0 aliphatic carbocycles. The lowest BCUT2D eigenvalue weighted by molar-refractivity contribution is -0.121. The molecule has 3 amide bonds. The number of nitrogens with one attached hydrogen (secondary N) is 3. The van der Waals surface area contributed by atoms with Crippen LogP contribution in [0.3, 0.4) is 0 Å². The number of unbranched alkanes of at least 4 members (excludes halogenated alkanes) is 8. The third kappa shape index (κ3) is 8.58. The third-order valence-electron chi connectivity index (χ3n) is 5.49. The Balaban J connectivity index is 1.37.